The van der Waals surface area contributed by atoms with Gasteiger partial charge in [-0.1, -0.05) is 39.0 Å². The summed E-state index contributed by atoms with van der Waals surface area (Å²) in [5.41, 5.74) is 0.588. The van der Waals surface area contributed by atoms with Crippen LogP contribution in [0.5, 0.6) is 0 Å². The first kappa shape index (κ1) is 21.9. The molecule has 0 radical (unpaired) electrons. The van der Waals surface area contributed by atoms with Crippen LogP contribution in [0.15, 0.2) is 28.2 Å². The van der Waals surface area contributed by atoms with Gasteiger partial charge in [0.1, 0.15) is 0 Å². The van der Waals surface area contributed by atoms with Crippen molar-refractivity contribution < 1.29 is 14.3 Å². The number of hydrogen-bond donors (Lipinski definition) is 1. The number of rotatable bonds is 9. The molecule has 1 aromatic heterocycles. The second-order valence-corrected chi connectivity index (χ2v) is 7.86. The summed E-state index contributed by atoms with van der Waals surface area (Å²) >= 11 is 1.23. The molecule has 0 fully saturated rings. The first-order valence-corrected chi connectivity index (χ1v) is 10.4. The first-order chi connectivity index (χ1) is 13.4. The van der Waals surface area contributed by atoms with Gasteiger partial charge in [-0.2, -0.15) is 0 Å². The fourth-order valence-electron chi connectivity index (χ4n) is 2.57. The van der Waals surface area contributed by atoms with Gasteiger partial charge in [0.15, 0.2) is 5.16 Å². The van der Waals surface area contributed by atoms with Crippen molar-refractivity contribution in [3.05, 3.63) is 34.1 Å². The third kappa shape index (κ3) is 5.58. The van der Waals surface area contributed by atoms with E-state index < -0.39 is 5.97 Å². The number of nitrogens with zero attached hydrogens (tertiary/aromatic N) is 2. The number of carbonyl (C=O) groups excluding carboxylic acids is 2. The van der Waals surface area contributed by atoms with E-state index in [1.165, 1.54) is 18.9 Å². The molecule has 1 N–H and O–H groups in total. The Hall–Kier alpha value is -2.35. The monoisotopic (exact) mass is 405 g/mol. The van der Waals surface area contributed by atoms with Gasteiger partial charge in [-0.3, -0.25) is 14.2 Å². The lowest BCUT2D eigenvalue weighted by atomic mass is 10.1. The number of carbonyl (C=O) groups is 2. The van der Waals surface area contributed by atoms with Crippen LogP contribution in [0, 0.1) is 5.92 Å². The number of methoxy groups -OCH3 is 1. The third-order valence-electron chi connectivity index (χ3n) is 4.12. The van der Waals surface area contributed by atoms with Gasteiger partial charge in [0.05, 0.1) is 29.3 Å². The topological polar surface area (TPSA) is 90.3 Å². The van der Waals surface area contributed by atoms with Gasteiger partial charge in [0.2, 0.25) is 5.91 Å². The molecule has 0 saturated heterocycles. The van der Waals surface area contributed by atoms with Crippen LogP contribution in [0.1, 0.15) is 44.0 Å². The van der Waals surface area contributed by atoms with Gasteiger partial charge in [-0.15, -0.1) is 0 Å². The van der Waals surface area contributed by atoms with Gasteiger partial charge in [0.25, 0.3) is 5.56 Å². The molecule has 7 nitrogen and oxygen atoms in total. The van der Waals surface area contributed by atoms with E-state index in [4.69, 9.17) is 4.74 Å². The molecule has 2 aromatic rings. The lowest BCUT2D eigenvalue weighted by Gasteiger charge is -2.13. The predicted octanol–water partition coefficient (Wildman–Crippen LogP) is 2.85. The Morgan fingerprint density at radius 3 is 2.71 bits per heavy atom. The van der Waals surface area contributed by atoms with Crippen molar-refractivity contribution >= 4 is 34.5 Å². The maximum atomic E-state index is 13.0. The predicted molar refractivity (Wildman–Crippen MR) is 111 cm³/mol. The van der Waals surface area contributed by atoms with Crippen LogP contribution in [-0.4, -0.2) is 40.8 Å². The molecule has 0 aliphatic rings. The normalized spacial score (nSPS) is 11.0. The molecule has 28 heavy (non-hydrogen) atoms. The van der Waals surface area contributed by atoms with Crippen LogP contribution in [0.2, 0.25) is 0 Å². The van der Waals surface area contributed by atoms with Crippen LogP contribution in [0.4, 0.5) is 0 Å². The summed E-state index contributed by atoms with van der Waals surface area (Å²) in [5, 5.41) is 3.78. The van der Waals surface area contributed by atoms with Gasteiger partial charge in [0, 0.05) is 13.1 Å². The van der Waals surface area contributed by atoms with E-state index in [0.29, 0.717) is 40.6 Å². The lowest BCUT2D eigenvalue weighted by Crippen LogP contribution is -2.29. The molecule has 2 rings (SSSR count). The summed E-state index contributed by atoms with van der Waals surface area (Å²) in [6.07, 6.45) is 1.77. The van der Waals surface area contributed by atoms with Crippen molar-refractivity contribution in [1.29, 1.82) is 0 Å². The Labute approximate surface area is 168 Å². The fraction of sp³-hybridized carbons (Fsp3) is 0.500. The van der Waals surface area contributed by atoms with E-state index in [-0.39, 0.29) is 17.2 Å². The number of thioether (sulfide) groups is 1. The zero-order valence-electron chi connectivity index (χ0n) is 16.8. The summed E-state index contributed by atoms with van der Waals surface area (Å²) in [6.45, 7) is 7.25. The molecule has 0 aliphatic carbocycles. The molecule has 0 bridgehead atoms. The summed E-state index contributed by atoms with van der Waals surface area (Å²) in [7, 11) is 1.31. The van der Waals surface area contributed by atoms with Crippen molar-refractivity contribution in [3.8, 4) is 0 Å². The Morgan fingerprint density at radius 2 is 2.07 bits per heavy atom. The summed E-state index contributed by atoms with van der Waals surface area (Å²) in [4.78, 5) is 41.4. The zero-order chi connectivity index (χ0) is 20.7. The Morgan fingerprint density at radius 1 is 1.32 bits per heavy atom. The van der Waals surface area contributed by atoms with Crippen molar-refractivity contribution in [2.24, 2.45) is 5.92 Å². The average Bonchev–Trinajstić information content (AvgIpc) is 2.69. The Balaban J connectivity index is 2.37. The van der Waals surface area contributed by atoms with Crippen LogP contribution in [0.3, 0.4) is 0 Å². The number of hydrogen-bond acceptors (Lipinski definition) is 6. The second kappa shape index (κ2) is 10.3. The molecular weight excluding hydrogens is 378 g/mol. The van der Waals surface area contributed by atoms with Gasteiger partial charge >= 0.3 is 5.97 Å². The van der Waals surface area contributed by atoms with E-state index in [0.717, 1.165) is 12.8 Å². The molecule has 0 aliphatic heterocycles. The number of nitrogens with one attached hydrogen (secondary N) is 1. The number of esters is 1. The van der Waals surface area contributed by atoms with E-state index >= 15 is 0 Å². The van der Waals surface area contributed by atoms with Crippen molar-refractivity contribution in [2.45, 2.75) is 45.3 Å². The van der Waals surface area contributed by atoms with Gasteiger partial charge < -0.3 is 10.1 Å². The number of aromatic nitrogens is 2. The number of benzene rings is 1. The summed E-state index contributed by atoms with van der Waals surface area (Å²) in [5.74, 6) is -0.0419. The van der Waals surface area contributed by atoms with Crippen molar-refractivity contribution in [1.82, 2.24) is 14.9 Å². The van der Waals surface area contributed by atoms with E-state index in [1.54, 1.807) is 22.8 Å². The minimum Gasteiger partial charge on any atom is -0.465 e. The van der Waals surface area contributed by atoms with E-state index in [2.05, 4.69) is 10.3 Å². The first-order valence-electron chi connectivity index (χ1n) is 9.39. The molecule has 0 saturated carbocycles. The minimum absolute atomic E-state index is 0.0987. The minimum atomic E-state index is -0.485. The largest absolute Gasteiger partial charge is 0.465 e. The molecule has 1 aromatic carbocycles. The summed E-state index contributed by atoms with van der Waals surface area (Å²) < 4.78 is 6.35. The molecule has 0 atom stereocenters. The van der Waals surface area contributed by atoms with E-state index in [1.807, 2.05) is 20.8 Å². The van der Waals surface area contributed by atoms with Crippen LogP contribution >= 0.6 is 11.8 Å². The average molecular weight is 406 g/mol. The van der Waals surface area contributed by atoms with Crippen molar-refractivity contribution in [2.75, 3.05) is 19.4 Å². The SMILES string of the molecule is CCCCn1c(SCC(=O)NCC(C)C)nc2cc(C(=O)OC)ccc2c1=O. The fourth-order valence-corrected chi connectivity index (χ4v) is 3.42. The van der Waals surface area contributed by atoms with E-state index in [9.17, 15) is 14.4 Å². The lowest BCUT2D eigenvalue weighted by molar-refractivity contribution is -0.118. The smallest absolute Gasteiger partial charge is 0.337 e. The second-order valence-electron chi connectivity index (χ2n) is 6.91. The standard InChI is InChI=1S/C20H27N3O4S/c1-5-6-9-23-18(25)15-8-7-14(19(26)27-4)10-16(15)22-20(23)28-12-17(24)21-11-13(2)3/h7-8,10,13H,5-6,9,11-12H2,1-4H3,(H,21,24). The highest BCUT2D eigenvalue weighted by Gasteiger charge is 2.15. The van der Waals surface area contributed by atoms with Crippen LogP contribution < -0.4 is 10.9 Å². The molecule has 0 unspecified atom stereocenters. The number of amides is 1. The third-order valence-corrected chi connectivity index (χ3v) is 5.09. The highest BCUT2D eigenvalue weighted by atomic mass is 32.2. The number of fused-ring (bicyclic) bond motifs is 1. The highest BCUT2D eigenvalue weighted by molar-refractivity contribution is 7.99. The molecule has 152 valence electrons. The van der Waals surface area contributed by atoms with Crippen molar-refractivity contribution in [3.63, 3.8) is 0 Å². The Bertz CT molecular complexity index is 908. The molecule has 8 heteroatoms. The van der Waals surface area contributed by atoms with Gasteiger partial charge in [-0.25, -0.2) is 9.78 Å². The molecule has 1 amide bonds. The summed E-state index contributed by atoms with van der Waals surface area (Å²) in [6, 6.07) is 4.71. The number of ether oxygens (including phenoxy) is 1. The quantitative estimate of drug-likeness (QED) is 0.392. The Kier molecular flexibility index (Phi) is 8.04. The van der Waals surface area contributed by atoms with Crippen LogP contribution in [0.25, 0.3) is 10.9 Å². The maximum absolute atomic E-state index is 13.0. The number of unbranched alkanes of at least 4 members (excludes halogenated alkanes) is 1. The molecule has 0 spiro atoms. The maximum Gasteiger partial charge on any atom is 0.337 e. The van der Waals surface area contributed by atoms with Gasteiger partial charge in [-0.05, 0) is 30.5 Å². The molecular formula is C20H27N3O4S. The van der Waals surface area contributed by atoms with Crippen LogP contribution in [-0.2, 0) is 16.1 Å². The zero-order valence-corrected chi connectivity index (χ0v) is 17.6. The highest BCUT2D eigenvalue weighted by Crippen LogP contribution is 2.19. The molecule has 1 heterocycles.